The number of aliphatic hydroxyl groups is 1. The molecule has 5 heteroatoms. The molecule has 0 aromatic heterocycles. The van der Waals surface area contributed by atoms with Gasteiger partial charge in [-0.15, -0.1) is 0 Å². The lowest BCUT2D eigenvalue weighted by Gasteiger charge is -2.11. The molecule has 0 radical (unpaired) electrons. The number of hydrogen-bond donors (Lipinski definition) is 4. The van der Waals surface area contributed by atoms with Crippen LogP contribution in [0, 0.1) is 5.92 Å². The maximum atomic E-state index is 11.6. The minimum Gasteiger partial charge on any atom is -0.507 e. The van der Waals surface area contributed by atoms with E-state index < -0.39 is 5.91 Å². The Bertz CT molecular complexity index is 358. The number of carbonyl (C=O) groups excluding carboxylic acids is 1. The van der Waals surface area contributed by atoms with Gasteiger partial charge in [0.05, 0.1) is 0 Å². The molecule has 0 aliphatic rings. The van der Waals surface area contributed by atoms with Crippen molar-refractivity contribution < 1.29 is 20.1 Å². The summed E-state index contributed by atoms with van der Waals surface area (Å²) in [5.74, 6) is -1.17. The third-order valence-corrected chi connectivity index (χ3v) is 2.17. The average molecular weight is 225 g/mol. The quantitative estimate of drug-likeness (QED) is 0.599. The molecule has 0 bridgehead atoms. The first-order chi connectivity index (χ1) is 7.56. The summed E-state index contributed by atoms with van der Waals surface area (Å²) >= 11 is 0. The maximum absolute atomic E-state index is 11.6. The van der Waals surface area contributed by atoms with E-state index in [0.29, 0.717) is 0 Å². The van der Waals surface area contributed by atoms with Gasteiger partial charge in [0.15, 0.2) is 0 Å². The predicted octanol–water partition coefficient (Wildman–Crippen LogP) is 0.456. The topological polar surface area (TPSA) is 89.8 Å². The fourth-order valence-electron chi connectivity index (χ4n) is 1.18. The van der Waals surface area contributed by atoms with E-state index in [-0.39, 0.29) is 36.1 Å². The summed E-state index contributed by atoms with van der Waals surface area (Å²) in [4.78, 5) is 11.6. The van der Waals surface area contributed by atoms with Crippen LogP contribution in [0.5, 0.6) is 11.5 Å². The standard InChI is InChI=1S/C11H15NO4/c1-7(6-13)5-12-11(16)10-8(14)3-2-4-9(10)15/h2-4,7,13-15H,5-6H2,1H3,(H,12,16). The summed E-state index contributed by atoms with van der Waals surface area (Å²) in [5.41, 5.74) is -0.146. The van der Waals surface area contributed by atoms with Crippen LogP contribution in [0.25, 0.3) is 0 Å². The Morgan fingerprint density at radius 2 is 1.94 bits per heavy atom. The lowest BCUT2D eigenvalue weighted by molar-refractivity contribution is 0.0937. The van der Waals surface area contributed by atoms with E-state index in [0.717, 1.165) is 0 Å². The second-order valence-corrected chi connectivity index (χ2v) is 3.67. The minimum absolute atomic E-state index is 0.0347. The van der Waals surface area contributed by atoms with Gasteiger partial charge >= 0.3 is 0 Å². The number of phenols is 2. The van der Waals surface area contributed by atoms with E-state index >= 15 is 0 Å². The molecule has 5 nitrogen and oxygen atoms in total. The van der Waals surface area contributed by atoms with Crippen LogP contribution in [-0.2, 0) is 0 Å². The monoisotopic (exact) mass is 225 g/mol. The largest absolute Gasteiger partial charge is 0.507 e. The highest BCUT2D eigenvalue weighted by Gasteiger charge is 2.15. The highest BCUT2D eigenvalue weighted by Crippen LogP contribution is 2.25. The van der Waals surface area contributed by atoms with Gasteiger partial charge < -0.3 is 20.6 Å². The van der Waals surface area contributed by atoms with Crippen molar-refractivity contribution in [3.05, 3.63) is 23.8 Å². The fraction of sp³-hybridized carbons (Fsp3) is 0.364. The first-order valence-electron chi connectivity index (χ1n) is 4.96. The molecule has 1 aromatic rings. The predicted molar refractivity (Wildman–Crippen MR) is 58.4 cm³/mol. The number of carbonyl (C=O) groups is 1. The van der Waals surface area contributed by atoms with E-state index in [9.17, 15) is 15.0 Å². The molecule has 0 saturated heterocycles. The van der Waals surface area contributed by atoms with Gasteiger partial charge in [-0.25, -0.2) is 0 Å². The van der Waals surface area contributed by atoms with E-state index in [2.05, 4.69) is 5.32 Å². The van der Waals surface area contributed by atoms with Crippen LogP contribution in [-0.4, -0.2) is 34.4 Å². The van der Waals surface area contributed by atoms with Crippen LogP contribution in [0.3, 0.4) is 0 Å². The maximum Gasteiger partial charge on any atom is 0.258 e. The van der Waals surface area contributed by atoms with Gasteiger partial charge in [-0.2, -0.15) is 0 Å². The van der Waals surface area contributed by atoms with Crippen LogP contribution in [0.15, 0.2) is 18.2 Å². The van der Waals surface area contributed by atoms with Gasteiger partial charge in [-0.1, -0.05) is 13.0 Å². The molecule has 0 fully saturated rings. The zero-order valence-electron chi connectivity index (χ0n) is 8.97. The van der Waals surface area contributed by atoms with Crippen LogP contribution >= 0.6 is 0 Å². The summed E-state index contributed by atoms with van der Waals surface area (Å²) < 4.78 is 0. The van der Waals surface area contributed by atoms with Gasteiger partial charge in [0.25, 0.3) is 5.91 Å². The number of aromatic hydroxyl groups is 2. The molecule has 0 aliphatic carbocycles. The van der Waals surface area contributed by atoms with Gasteiger partial charge in [0.2, 0.25) is 0 Å². The number of aliphatic hydroxyl groups excluding tert-OH is 1. The Hall–Kier alpha value is -1.75. The molecule has 0 saturated carbocycles. The number of phenolic OH excluding ortho intramolecular Hbond substituents is 2. The Balaban J connectivity index is 2.73. The second-order valence-electron chi connectivity index (χ2n) is 3.67. The third-order valence-electron chi connectivity index (χ3n) is 2.17. The van der Waals surface area contributed by atoms with Crippen molar-refractivity contribution in [1.82, 2.24) is 5.32 Å². The molecule has 1 unspecified atom stereocenters. The molecular weight excluding hydrogens is 210 g/mol. The van der Waals surface area contributed by atoms with Gasteiger partial charge in [-0.3, -0.25) is 4.79 Å². The van der Waals surface area contributed by atoms with E-state index in [1.165, 1.54) is 18.2 Å². The van der Waals surface area contributed by atoms with Gasteiger partial charge in [-0.05, 0) is 18.1 Å². The van der Waals surface area contributed by atoms with Crippen molar-refractivity contribution in [2.24, 2.45) is 5.92 Å². The Labute approximate surface area is 93.4 Å². The van der Waals surface area contributed by atoms with Crippen molar-refractivity contribution in [1.29, 1.82) is 0 Å². The van der Waals surface area contributed by atoms with E-state index in [1.807, 2.05) is 0 Å². The normalized spacial score (nSPS) is 12.1. The van der Waals surface area contributed by atoms with E-state index in [1.54, 1.807) is 6.92 Å². The lowest BCUT2D eigenvalue weighted by atomic mass is 10.1. The summed E-state index contributed by atoms with van der Waals surface area (Å²) in [6.45, 7) is 2.02. The summed E-state index contributed by atoms with van der Waals surface area (Å²) in [6, 6.07) is 4.09. The number of hydrogen-bond acceptors (Lipinski definition) is 4. The van der Waals surface area contributed by atoms with E-state index in [4.69, 9.17) is 5.11 Å². The Morgan fingerprint density at radius 3 is 2.44 bits per heavy atom. The third kappa shape index (κ3) is 2.87. The molecule has 88 valence electrons. The molecule has 1 aromatic carbocycles. The molecule has 4 N–H and O–H groups in total. The smallest absolute Gasteiger partial charge is 0.258 e. The molecule has 16 heavy (non-hydrogen) atoms. The van der Waals surface area contributed by atoms with Crippen molar-refractivity contribution in [2.45, 2.75) is 6.92 Å². The van der Waals surface area contributed by atoms with Crippen LogP contribution in [0.2, 0.25) is 0 Å². The zero-order valence-corrected chi connectivity index (χ0v) is 8.97. The second kappa shape index (κ2) is 5.37. The first kappa shape index (κ1) is 12.3. The summed E-state index contributed by atoms with van der Waals surface area (Å²) in [6.07, 6.45) is 0. The number of amides is 1. The molecule has 0 aliphatic heterocycles. The number of rotatable bonds is 4. The number of benzene rings is 1. The first-order valence-corrected chi connectivity index (χ1v) is 4.96. The minimum atomic E-state index is -0.559. The molecule has 0 spiro atoms. The van der Waals surface area contributed by atoms with Crippen LogP contribution < -0.4 is 5.32 Å². The van der Waals surface area contributed by atoms with Crippen molar-refractivity contribution in [3.63, 3.8) is 0 Å². The molecule has 0 heterocycles. The lowest BCUT2D eigenvalue weighted by Crippen LogP contribution is -2.29. The number of nitrogens with one attached hydrogen (secondary N) is 1. The summed E-state index contributed by atoms with van der Waals surface area (Å²) in [7, 11) is 0. The molecular formula is C11H15NO4. The van der Waals surface area contributed by atoms with Gasteiger partial charge in [0.1, 0.15) is 17.1 Å². The van der Waals surface area contributed by atoms with Gasteiger partial charge in [0, 0.05) is 13.2 Å². The SMILES string of the molecule is CC(CO)CNC(=O)c1c(O)cccc1O. The summed E-state index contributed by atoms with van der Waals surface area (Å²) in [5, 5.41) is 30.1. The van der Waals surface area contributed by atoms with Crippen molar-refractivity contribution in [2.75, 3.05) is 13.2 Å². The highest BCUT2D eigenvalue weighted by atomic mass is 16.3. The average Bonchev–Trinajstić information content (AvgIpc) is 2.25. The van der Waals surface area contributed by atoms with Crippen molar-refractivity contribution >= 4 is 5.91 Å². The molecule has 1 amide bonds. The van der Waals surface area contributed by atoms with Crippen LogP contribution in [0.4, 0.5) is 0 Å². The molecule has 1 atom stereocenters. The zero-order chi connectivity index (χ0) is 12.1. The Kier molecular flexibility index (Phi) is 4.13. The highest BCUT2D eigenvalue weighted by molar-refractivity contribution is 5.99. The Morgan fingerprint density at radius 1 is 1.38 bits per heavy atom. The van der Waals surface area contributed by atoms with Crippen molar-refractivity contribution in [3.8, 4) is 11.5 Å². The van der Waals surface area contributed by atoms with Crippen LogP contribution in [0.1, 0.15) is 17.3 Å². The fourth-order valence-corrected chi connectivity index (χ4v) is 1.18. The molecule has 1 rings (SSSR count).